The predicted octanol–water partition coefficient (Wildman–Crippen LogP) is 2.08. The molecule has 0 spiro atoms. The summed E-state index contributed by atoms with van der Waals surface area (Å²) in [6.45, 7) is 4.25. The van der Waals surface area contributed by atoms with Crippen molar-refractivity contribution in [3.05, 3.63) is 0 Å². The van der Waals surface area contributed by atoms with Gasteiger partial charge in [-0.25, -0.2) is 0 Å². The average Bonchev–Trinajstić information content (AvgIpc) is 2.82. The van der Waals surface area contributed by atoms with Gasteiger partial charge in [-0.15, -0.1) is 0 Å². The molecule has 1 aliphatic heterocycles. The zero-order chi connectivity index (χ0) is 12.3. The van der Waals surface area contributed by atoms with Crippen LogP contribution in [0.25, 0.3) is 0 Å². The maximum Gasteiger partial charge on any atom is 0.220 e. The Morgan fingerprint density at radius 1 is 1.12 bits per heavy atom. The molecule has 1 aliphatic rings. The van der Waals surface area contributed by atoms with Crippen molar-refractivity contribution in [2.45, 2.75) is 44.9 Å². The molecule has 1 fully saturated rings. The van der Waals surface area contributed by atoms with Crippen LogP contribution in [0.4, 0.5) is 0 Å². The van der Waals surface area contributed by atoms with Gasteiger partial charge in [0.25, 0.3) is 0 Å². The minimum absolute atomic E-state index is 0.218. The van der Waals surface area contributed by atoms with E-state index in [0.29, 0.717) is 6.42 Å². The summed E-state index contributed by atoms with van der Waals surface area (Å²) in [4.78, 5) is 13.9. The number of hydrogen-bond acceptors (Lipinski definition) is 3. The first kappa shape index (κ1) is 14.8. The van der Waals surface area contributed by atoms with Crippen LogP contribution in [0.1, 0.15) is 44.9 Å². The maximum absolute atomic E-state index is 11.5. The standard InChI is InChI=1S/C13H26N2OS/c16-13(7-3-1-2-6-12-17)14-8-11-15-9-4-5-10-15/h17H,1-12H2,(H,14,16). The number of thiol groups is 1. The molecule has 1 rings (SSSR count). The highest BCUT2D eigenvalue weighted by atomic mass is 32.1. The molecular formula is C13H26N2OS. The van der Waals surface area contributed by atoms with Gasteiger partial charge in [0.05, 0.1) is 0 Å². The number of carbonyl (C=O) groups is 1. The molecule has 100 valence electrons. The van der Waals surface area contributed by atoms with Gasteiger partial charge >= 0.3 is 0 Å². The number of carbonyl (C=O) groups excluding carboxylic acids is 1. The summed E-state index contributed by atoms with van der Waals surface area (Å²) < 4.78 is 0. The van der Waals surface area contributed by atoms with Gasteiger partial charge in [0.1, 0.15) is 0 Å². The Morgan fingerprint density at radius 2 is 1.82 bits per heavy atom. The van der Waals surface area contributed by atoms with E-state index in [1.807, 2.05) is 0 Å². The van der Waals surface area contributed by atoms with Crippen LogP contribution < -0.4 is 5.32 Å². The summed E-state index contributed by atoms with van der Waals surface area (Å²) in [5.74, 6) is 1.18. The van der Waals surface area contributed by atoms with Crippen LogP contribution in [0.15, 0.2) is 0 Å². The summed E-state index contributed by atoms with van der Waals surface area (Å²) in [7, 11) is 0. The molecule has 17 heavy (non-hydrogen) atoms. The highest BCUT2D eigenvalue weighted by Gasteiger charge is 2.10. The quantitative estimate of drug-likeness (QED) is 0.490. The van der Waals surface area contributed by atoms with E-state index in [1.165, 1.54) is 38.8 Å². The Morgan fingerprint density at radius 3 is 2.53 bits per heavy atom. The van der Waals surface area contributed by atoms with Crippen LogP contribution in [0.2, 0.25) is 0 Å². The van der Waals surface area contributed by atoms with Crippen LogP contribution in [-0.4, -0.2) is 42.7 Å². The third kappa shape index (κ3) is 7.66. The average molecular weight is 258 g/mol. The van der Waals surface area contributed by atoms with Crippen LogP contribution >= 0.6 is 12.6 Å². The molecule has 0 aliphatic carbocycles. The van der Waals surface area contributed by atoms with Crippen molar-refractivity contribution in [1.82, 2.24) is 10.2 Å². The number of rotatable bonds is 9. The Kier molecular flexibility index (Phi) is 8.53. The third-order valence-electron chi connectivity index (χ3n) is 3.26. The van der Waals surface area contributed by atoms with E-state index in [4.69, 9.17) is 0 Å². The molecule has 1 heterocycles. The van der Waals surface area contributed by atoms with Crippen LogP contribution in [0, 0.1) is 0 Å². The van der Waals surface area contributed by atoms with E-state index in [1.54, 1.807) is 0 Å². The number of amides is 1. The third-order valence-corrected chi connectivity index (χ3v) is 3.58. The van der Waals surface area contributed by atoms with Crippen molar-refractivity contribution in [3.8, 4) is 0 Å². The van der Waals surface area contributed by atoms with Gasteiger partial charge in [-0.1, -0.05) is 12.8 Å². The molecule has 1 amide bonds. The second-order valence-electron chi connectivity index (χ2n) is 4.79. The fraction of sp³-hybridized carbons (Fsp3) is 0.923. The minimum atomic E-state index is 0.218. The second kappa shape index (κ2) is 9.77. The lowest BCUT2D eigenvalue weighted by Gasteiger charge is -2.14. The van der Waals surface area contributed by atoms with Crippen molar-refractivity contribution >= 4 is 18.5 Å². The number of nitrogens with zero attached hydrogens (tertiary/aromatic N) is 1. The van der Waals surface area contributed by atoms with Crippen LogP contribution in [0.5, 0.6) is 0 Å². The first-order valence-corrected chi connectivity index (χ1v) is 7.56. The highest BCUT2D eigenvalue weighted by molar-refractivity contribution is 7.80. The SMILES string of the molecule is O=C(CCCCCCS)NCCN1CCCC1. The van der Waals surface area contributed by atoms with Crippen molar-refractivity contribution < 1.29 is 4.79 Å². The molecule has 0 aromatic rings. The molecule has 0 aromatic heterocycles. The van der Waals surface area contributed by atoms with Crippen molar-refractivity contribution in [2.24, 2.45) is 0 Å². The van der Waals surface area contributed by atoms with Gasteiger partial charge < -0.3 is 10.2 Å². The second-order valence-corrected chi connectivity index (χ2v) is 5.23. The lowest BCUT2D eigenvalue weighted by atomic mass is 10.1. The Labute approximate surface area is 111 Å². The molecule has 3 nitrogen and oxygen atoms in total. The van der Waals surface area contributed by atoms with E-state index in [9.17, 15) is 4.79 Å². The maximum atomic E-state index is 11.5. The normalized spacial score (nSPS) is 16.3. The fourth-order valence-corrected chi connectivity index (χ4v) is 2.42. The van der Waals surface area contributed by atoms with Gasteiger partial charge in [0.15, 0.2) is 0 Å². The zero-order valence-electron chi connectivity index (χ0n) is 10.8. The van der Waals surface area contributed by atoms with E-state index < -0.39 is 0 Å². The number of hydrogen-bond donors (Lipinski definition) is 2. The predicted molar refractivity (Wildman–Crippen MR) is 75.6 cm³/mol. The fourth-order valence-electron chi connectivity index (χ4n) is 2.20. The van der Waals surface area contributed by atoms with Gasteiger partial charge in [0, 0.05) is 19.5 Å². The molecule has 1 saturated heterocycles. The van der Waals surface area contributed by atoms with Crippen molar-refractivity contribution in [3.63, 3.8) is 0 Å². The monoisotopic (exact) mass is 258 g/mol. The summed E-state index contributed by atoms with van der Waals surface area (Å²) >= 11 is 4.17. The molecule has 0 bridgehead atoms. The molecule has 4 heteroatoms. The lowest BCUT2D eigenvalue weighted by molar-refractivity contribution is -0.121. The summed E-state index contributed by atoms with van der Waals surface area (Å²) in [6.07, 6.45) is 7.86. The Hall–Kier alpha value is -0.220. The zero-order valence-corrected chi connectivity index (χ0v) is 11.7. The topological polar surface area (TPSA) is 32.3 Å². The smallest absolute Gasteiger partial charge is 0.220 e. The summed E-state index contributed by atoms with van der Waals surface area (Å²) in [5, 5.41) is 3.00. The molecule has 1 N–H and O–H groups in total. The molecule has 0 unspecified atom stereocenters. The summed E-state index contributed by atoms with van der Waals surface area (Å²) in [5.41, 5.74) is 0. The molecular weight excluding hydrogens is 232 g/mol. The van der Waals surface area contributed by atoms with Crippen molar-refractivity contribution in [1.29, 1.82) is 0 Å². The van der Waals surface area contributed by atoms with Gasteiger partial charge in [-0.05, 0) is 44.5 Å². The Bertz CT molecular complexity index is 206. The number of unbranched alkanes of at least 4 members (excludes halogenated alkanes) is 3. The number of likely N-dealkylation sites (tertiary alicyclic amines) is 1. The molecule has 0 atom stereocenters. The van der Waals surface area contributed by atoms with Gasteiger partial charge in [-0.2, -0.15) is 12.6 Å². The lowest BCUT2D eigenvalue weighted by Crippen LogP contribution is -2.33. The van der Waals surface area contributed by atoms with Crippen molar-refractivity contribution in [2.75, 3.05) is 31.9 Å². The van der Waals surface area contributed by atoms with Gasteiger partial charge in [0.2, 0.25) is 5.91 Å². The van der Waals surface area contributed by atoms with Crippen LogP contribution in [0.3, 0.4) is 0 Å². The van der Waals surface area contributed by atoms with E-state index in [0.717, 1.165) is 31.7 Å². The summed E-state index contributed by atoms with van der Waals surface area (Å²) in [6, 6.07) is 0. The molecule has 0 aromatic carbocycles. The van der Waals surface area contributed by atoms with E-state index >= 15 is 0 Å². The van der Waals surface area contributed by atoms with E-state index in [2.05, 4.69) is 22.8 Å². The first-order chi connectivity index (χ1) is 8.33. The Balaban J connectivity index is 1.86. The van der Waals surface area contributed by atoms with E-state index in [-0.39, 0.29) is 5.91 Å². The van der Waals surface area contributed by atoms with Gasteiger partial charge in [-0.3, -0.25) is 4.79 Å². The highest BCUT2D eigenvalue weighted by Crippen LogP contribution is 2.06. The number of nitrogens with one attached hydrogen (secondary N) is 1. The van der Waals surface area contributed by atoms with Crippen LogP contribution in [-0.2, 0) is 4.79 Å². The molecule has 0 saturated carbocycles. The minimum Gasteiger partial charge on any atom is -0.355 e. The largest absolute Gasteiger partial charge is 0.355 e. The molecule has 0 radical (unpaired) electrons. The first-order valence-electron chi connectivity index (χ1n) is 6.93.